The van der Waals surface area contributed by atoms with Crippen LogP contribution in [0.3, 0.4) is 0 Å². The molecule has 0 unspecified atom stereocenters. The monoisotopic (exact) mass is 436 g/mol. The minimum atomic E-state index is -4.25. The Morgan fingerprint density at radius 3 is 2.38 bits per heavy atom. The highest BCUT2D eigenvalue weighted by atomic mass is 35.5. The van der Waals surface area contributed by atoms with Crippen molar-refractivity contribution in [2.45, 2.75) is 11.4 Å². The number of anilines is 1. The molecule has 5 nitrogen and oxygen atoms in total. The molecule has 150 valence electrons. The minimum absolute atomic E-state index is 0.0477. The van der Waals surface area contributed by atoms with Gasteiger partial charge in [-0.05, 0) is 54.1 Å². The number of rotatable bonds is 6. The molecule has 3 rings (SSSR count). The van der Waals surface area contributed by atoms with Gasteiger partial charge in [-0.15, -0.1) is 0 Å². The summed E-state index contributed by atoms with van der Waals surface area (Å²) < 4.78 is 54.3. The zero-order valence-electron chi connectivity index (χ0n) is 14.8. The van der Waals surface area contributed by atoms with E-state index in [2.05, 4.69) is 10.0 Å². The quantitative estimate of drug-likeness (QED) is 0.603. The van der Waals surface area contributed by atoms with Gasteiger partial charge in [0.05, 0.1) is 0 Å². The van der Waals surface area contributed by atoms with Crippen LogP contribution in [0.5, 0.6) is 0 Å². The SMILES string of the molecule is O=C(Nc1cccc(Cl)c1)c1ccc(F)c(S(=O)(=O)NCc2ccc(F)cc2)c1. The number of sulfonamides is 1. The summed E-state index contributed by atoms with van der Waals surface area (Å²) in [6.07, 6.45) is 0. The molecule has 0 aliphatic rings. The van der Waals surface area contributed by atoms with Gasteiger partial charge in [-0.2, -0.15) is 0 Å². The Morgan fingerprint density at radius 2 is 1.69 bits per heavy atom. The minimum Gasteiger partial charge on any atom is -0.322 e. The van der Waals surface area contributed by atoms with Crippen molar-refractivity contribution in [3.63, 3.8) is 0 Å². The second kappa shape index (κ2) is 8.69. The Bertz CT molecular complexity index is 1150. The Hall–Kier alpha value is -2.81. The van der Waals surface area contributed by atoms with Crippen LogP contribution < -0.4 is 10.0 Å². The number of carbonyl (C=O) groups excluding carboxylic acids is 1. The van der Waals surface area contributed by atoms with Crippen molar-refractivity contribution < 1.29 is 22.0 Å². The molecule has 0 spiro atoms. The number of hydrogen-bond acceptors (Lipinski definition) is 3. The molecule has 0 aliphatic heterocycles. The normalized spacial score (nSPS) is 11.3. The molecule has 2 N–H and O–H groups in total. The van der Waals surface area contributed by atoms with Crippen molar-refractivity contribution in [3.05, 3.63) is 94.5 Å². The number of amides is 1. The van der Waals surface area contributed by atoms with Crippen LogP contribution in [-0.4, -0.2) is 14.3 Å². The summed E-state index contributed by atoms with van der Waals surface area (Å²) in [4.78, 5) is 11.7. The highest BCUT2D eigenvalue weighted by Crippen LogP contribution is 2.20. The van der Waals surface area contributed by atoms with Gasteiger partial charge in [-0.3, -0.25) is 4.79 Å². The molecule has 0 radical (unpaired) electrons. The fraction of sp³-hybridized carbons (Fsp3) is 0.0500. The summed E-state index contributed by atoms with van der Waals surface area (Å²) in [6, 6.07) is 14.6. The van der Waals surface area contributed by atoms with Crippen LogP contribution in [0.4, 0.5) is 14.5 Å². The molecule has 3 aromatic carbocycles. The van der Waals surface area contributed by atoms with Gasteiger partial charge >= 0.3 is 0 Å². The van der Waals surface area contributed by atoms with E-state index in [1.807, 2.05) is 0 Å². The average Bonchev–Trinajstić information content (AvgIpc) is 2.68. The van der Waals surface area contributed by atoms with E-state index in [0.29, 0.717) is 16.3 Å². The molecule has 0 bridgehead atoms. The van der Waals surface area contributed by atoms with E-state index in [4.69, 9.17) is 11.6 Å². The van der Waals surface area contributed by atoms with Crippen molar-refractivity contribution >= 4 is 33.2 Å². The molecule has 29 heavy (non-hydrogen) atoms. The average molecular weight is 437 g/mol. The van der Waals surface area contributed by atoms with E-state index in [9.17, 15) is 22.0 Å². The number of nitrogens with one attached hydrogen (secondary N) is 2. The van der Waals surface area contributed by atoms with E-state index >= 15 is 0 Å². The molecule has 9 heteroatoms. The number of carbonyl (C=O) groups is 1. The van der Waals surface area contributed by atoms with E-state index in [1.165, 1.54) is 36.4 Å². The van der Waals surface area contributed by atoms with E-state index in [-0.39, 0.29) is 12.1 Å². The third-order valence-electron chi connectivity index (χ3n) is 3.94. The summed E-state index contributed by atoms with van der Waals surface area (Å²) in [7, 11) is -4.25. The molecule has 0 saturated carbocycles. The number of hydrogen-bond donors (Lipinski definition) is 2. The highest BCUT2D eigenvalue weighted by Gasteiger charge is 2.21. The van der Waals surface area contributed by atoms with Gasteiger partial charge in [0.1, 0.15) is 16.5 Å². The van der Waals surface area contributed by atoms with Crippen LogP contribution >= 0.6 is 11.6 Å². The van der Waals surface area contributed by atoms with E-state index in [1.54, 1.807) is 18.2 Å². The van der Waals surface area contributed by atoms with Gasteiger partial charge in [0, 0.05) is 22.8 Å². The summed E-state index contributed by atoms with van der Waals surface area (Å²) in [5, 5.41) is 2.98. The lowest BCUT2D eigenvalue weighted by atomic mass is 10.2. The topological polar surface area (TPSA) is 75.3 Å². The number of halogens is 3. The maximum absolute atomic E-state index is 14.2. The number of benzene rings is 3. The Labute approximate surface area is 171 Å². The Balaban J connectivity index is 1.79. The van der Waals surface area contributed by atoms with Crippen molar-refractivity contribution in [1.29, 1.82) is 0 Å². The molecule has 0 aromatic heterocycles. The standard InChI is InChI=1S/C20H15ClF2N2O3S/c21-15-2-1-3-17(11-15)25-20(26)14-6-9-18(23)19(10-14)29(27,28)24-12-13-4-7-16(22)8-5-13/h1-11,24H,12H2,(H,25,26). The van der Waals surface area contributed by atoms with Crippen molar-refractivity contribution in [2.24, 2.45) is 0 Å². The second-order valence-corrected chi connectivity index (χ2v) is 8.23. The lowest BCUT2D eigenvalue weighted by molar-refractivity contribution is 0.102. The van der Waals surface area contributed by atoms with Crippen LogP contribution in [0.2, 0.25) is 5.02 Å². The van der Waals surface area contributed by atoms with E-state index < -0.39 is 32.5 Å². The summed E-state index contributed by atoms with van der Waals surface area (Å²) in [6.45, 7) is -0.166. The van der Waals surface area contributed by atoms with Crippen LogP contribution in [0.15, 0.2) is 71.6 Å². The van der Waals surface area contributed by atoms with Gasteiger partial charge in [-0.1, -0.05) is 29.8 Å². The maximum atomic E-state index is 14.2. The van der Waals surface area contributed by atoms with Crippen LogP contribution in [-0.2, 0) is 16.6 Å². The first-order valence-electron chi connectivity index (χ1n) is 8.35. The van der Waals surface area contributed by atoms with Gasteiger partial charge in [-0.25, -0.2) is 21.9 Å². The van der Waals surface area contributed by atoms with Gasteiger partial charge < -0.3 is 5.32 Å². The predicted octanol–water partition coefficient (Wildman–Crippen LogP) is 4.35. The molecule has 0 aliphatic carbocycles. The fourth-order valence-corrected chi connectivity index (χ4v) is 3.79. The van der Waals surface area contributed by atoms with Crippen molar-refractivity contribution in [1.82, 2.24) is 4.72 Å². The lowest BCUT2D eigenvalue weighted by Gasteiger charge is -2.10. The molecule has 0 heterocycles. The first kappa shape index (κ1) is 20.9. The largest absolute Gasteiger partial charge is 0.322 e. The van der Waals surface area contributed by atoms with Crippen molar-refractivity contribution in [3.8, 4) is 0 Å². The molecule has 0 fully saturated rings. The molecule has 1 amide bonds. The van der Waals surface area contributed by atoms with Gasteiger partial charge in [0.15, 0.2) is 0 Å². The van der Waals surface area contributed by atoms with Gasteiger partial charge in [0.25, 0.3) is 5.91 Å². The van der Waals surface area contributed by atoms with E-state index in [0.717, 1.165) is 12.1 Å². The zero-order chi connectivity index (χ0) is 21.0. The molecule has 0 saturated heterocycles. The second-order valence-electron chi connectivity index (χ2n) is 6.06. The summed E-state index contributed by atoms with van der Waals surface area (Å²) >= 11 is 5.86. The first-order chi connectivity index (χ1) is 13.7. The molecule has 3 aromatic rings. The first-order valence-corrected chi connectivity index (χ1v) is 10.2. The fourth-order valence-electron chi connectivity index (χ4n) is 2.48. The van der Waals surface area contributed by atoms with Crippen molar-refractivity contribution in [2.75, 3.05) is 5.32 Å². The summed E-state index contributed by atoms with van der Waals surface area (Å²) in [5.41, 5.74) is 0.851. The summed E-state index contributed by atoms with van der Waals surface area (Å²) in [5.74, 6) is -2.08. The smallest absolute Gasteiger partial charge is 0.255 e. The molecule has 0 atom stereocenters. The Morgan fingerprint density at radius 1 is 0.966 bits per heavy atom. The molecular weight excluding hydrogens is 422 g/mol. The van der Waals surface area contributed by atoms with Crippen LogP contribution in [0, 0.1) is 11.6 Å². The third kappa shape index (κ3) is 5.38. The Kier molecular flexibility index (Phi) is 6.26. The third-order valence-corrected chi connectivity index (χ3v) is 5.60. The predicted molar refractivity (Wildman–Crippen MR) is 106 cm³/mol. The van der Waals surface area contributed by atoms with Crippen LogP contribution in [0.1, 0.15) is 15.9 Å². The molecular formula is C20H15ClF2N2O3S. The van der Waals surface area contributed by atoms with Gasteiger partial charge in [0.2, 0.25) is 10.0 Å². The zero-order valence-corrected chi connectivity index (χ0v) is 16.4. The van der Waals surface area contributed by atoms with Crippen LogP contribution in [0.25, 0.3) is 0 Å². The maximum Gasteiger partial charge on any atom is 0.255 e. The highest BCUT2D eigenvalue weighted by molar-refractivity contribution is 7.89. The lowest BCUT2D eigenvalue weighted by Crippen LogP contribution is -2.25.